The van der Waals surface area contributed by atoms with Crippen LogP contribution in [0.5, 0.6) is 11.5 Å². The molecule has 1 unspecified atom stereocenters. The molecule has 1 atom stereocenters. The lowest BCUT2D eigenvalue weighted by Gasteiger charge is -2.21. The van der Waals surface area contributed by atoms with Crippen LogP contribution in [0.15, 0.2) is 47.4 Å². The number of amides is 1. The van der Waals surface area contributed by atoms with E-state index in [0.29, 0.717) is 20.5 Å². The summed E-state index contributed by atoms with van der Waals surface area (Å²) in [6.07, 6.45) is 0. The summed E-state index contributed by atoms with van der Waals surface area (Å²) in [5.74, 6) is -1.54. The fourth-order valence-electron chi connectivity index (χ4n) is 4.08. The highest BCUT2D eigenvalue weighted by Crippen LogP contribution is 2.47. The summed E-state index contributed by atoms with van der Waals surface area (Å²) in [5, 5.41) is 14.4. The number of aliphatic hydroxyl groups is 1. The van der Waals surface area contributed by atoms with Crippen molar-refractivity contribution in [2.45, 2.75) is 13.0 Å². The number of anilines is 1. The van der Waals surface area contributed by atoms with Gasteiger partial charge in [0.1, 0.15) is 23.3 Å². The monoisotopic (exact) mass is 560 g/mol. The molecular formula is C25H18Cl2N2O5S2. The molecule has 1 amide bonds. The van der Waals surface area contributed by atoms with Crippen molar-refractivity contribution in [1.82, 2.24) is 4.98 Å². The molecule has 4 aromatic rings. The molecular weight excluding hydrogens is 543 g/mol. The summed E-state index contributed by atoms with van der Waals surface area (Å²) in [6, 6.07) is 9.29. The topological polar surface area (TPSA) is 89.0 Å². The maximum atomic E-state index is 13.4. The predicted octanol–water partition coefficient (Wildman–Crippen LogP) is 6.62. The zero-order valence-electron chi connectivity index (χ0n) is 19.2. The zero-order chi connectivity index (χ0) is 25.7. The normalized spacial score (nSPS) is 17.2. The minimum absolute atomic E-state index is 0.0846. The van der Waals surface area contributed by atoms with E-state index in [1.807, 2.05) is 24.4 Å². The minimum atomic E-state index is -0.895. The van der Waals surface area contributed by atoms with Gasteiger partial charge in [-0.15, -0.1) is 11.3 Å². The van der Waals surface area contributed by atoms with Crippen LogP contribution in [-0.2, 0) is 9.59 Å². The Morgan fingerprint density at radius 3 is 2.50 bits per heavy atom. The average molecular weight is 561 g/mol. The number of thiazole rings is 1. The Kier molecular flexibility index (Phi) is 6.42. The maximum absolute atomic E-state index is 13.4. The van der Waals surface area contributed by atoms with E-state index in [4.69, 9.17) is 32.7 Å². The number of Topliss-reactive ketones (excluding diaryl/α,β-unsaturated/α-hetero) is 1. The molecule has 0 aliphatic carbocycles. The lowest BCUT2D eigenvalue weighted by atomic mass is 9.99. The van der Waals surface area contributed by atoms with Crippen LogP contribution in [0.25, 0.3) is 16.0 Å². The Morgan fingerprint density at radius 1 is 1.08 bits per heavy atom. The number of nitrogens with zero attached hydrogens (tertiary/aromatic N) is 2. The number of aliphatic hydroxyl groups excluding tert-OH is 1. The maximum Gasteiger partial charge on any atom is 0.301 e. The van der Waals surface area contributed by atoms with Crippen molar-refractivity contribution in [3.63, 3.8) is 0 Å². The van der Waals surface area contributed by atoms with Crippen LogP contribution in [0.2, 0.25) is 10.0 Å². The van der Waals surface area contributed by atoms with Gasteiger partial charge in [-0.1, -0.05) is 40.6 Å². The van der Waals surface area contributed by atoms with Crippen LogP contribution in [0.3, 0.4) is 0 Å². The van der Waals surface area contributed by atoms with Gasteiger partial charge in [-0.05, 0) is 42.1 Å². The van der Waals surface area contributed by atoms with Crippen molar-refractivity contribution in [2.24, 2.45) is 0 Å². The minimum Gasteiger partial charge on any atom is -0.507 e. The number of ether oxygens (including phenoxy) is 2. The summed E-state index contributed by atoms with van der Waals surface area (Å²) in [7, 11) is 2.85. The fourth-order valence-corrected chi connectivity index (χ4v) is 6.36. The first-order chi connectivity index (χ1) is 17.2. The molecule has 1 saturated heterocycles. The van der Waals surface area contributed by atoms with Gasteiger partial charge in [0.15, 0.2) is 5.13 Å². The number of carbonyl (C=O) groups is 2. The van der Waals surface area contributed by atoms with Crippen molar-refractivity contribution in [3.05, 3.63) is 73.4 Å². The predicted molar refractivity (Wildman–Crippen MR) is 143 cm³/mol. The standard InChI is InChI=1S/C25H18Cl2N2O5S2/c1-11-7-19-15(9-13(11)26)28-25(36-19)29-21(18-5-4-6-35-18)20(23(31)24(29)32)22(30)12-8-17(34-3)14(27)10-16(12)33-2/h4-10,21,30H,1-3H3/b22-20+. The second-order valence-corrected chi connectivity index (χ2v) is 10.7. The molecule has 2 aromatic heterocycles. The smallest absolute Gasteiger partial charge is 0.301 e. The summed E-state index contributed by atoms with van der Waals surface area (Å²) >= 11 is 15.1. The Hall–Kier alpha value is -3.11. The number of methoxy groups -OCH3 is 2. The fraction of sp³-hybridized carbons (Fsp3) is 0.160. The van der Waals surface area contributed by atoms with Crippen molar-refractivity contribution in [2.75, 3.05) is 19.1 Å². The van der Waals surface area contributed by atoms with Crippen molar-refractivity contribution in [1.29, 1.82) is 0 Å². The second-order valence-electron chi connectivity index (χ2n) is 7.94. The quantitative estimate of drug-likeness (QED) is 0.168. The number of halogens is 2. The highest BCUT2D eigenvalue weighted by atomic mass is 35.5. The number of thiophene rings is 1. The lowest BCUT2D eigenvalue weighted by Crippen LogP contribution is -2.28. The van der Waals surface area contributed by atoms with Crippen LogP contribution in [0.4, 0.5) is 5.13 Å². The number of aryl methyl sites for hydroxylation is 1. The van der Waals surface area contributed by atoms with Crippen molar-refractivity contribution < 1.29 is 24.2 Å². The second kappa shape index (κ2) is 9.40. The summed E-state index contributed by atoms with van der Waals surface area (Å²) < 4.78 is 11.5. The van der Waals surface area contributed by atoms with Crippen LogP contribution in [0.1, 0.15) is 22.0 Å². The number of carbonyl (C=O) groups excluding carboxylic acids is 2. The SMILES string of the molecule is COc1cc(/C(O)=C2\C(=O)C(=O)N(c3nc4cc(Cl)c(C)cc4s3)C2c2cccs2)c(OC)cc1Cl. The van der Waals surface area contributed by atoms with E-state index < -0.39 is 23.5 Å². The van der Waals surface area contributed by atoms with Gasteiger partial charge in [0.2, 0.25) is 0 Å². The molecule has 3 heterocycles. The van der Waals surface area contributed by atoms with E-state index >= 15 is 0 Å². The number of hydrogen-bond acceptors (Lipinski definition) is 8. The van der Waals surface area contributed by atoms with Gasteiger partial charge in [0.05, 0.1) is 40.6 Å². The largest absolute Gasteiger partial charge is 0.507 e. The van der Waals surface area contributed by atoms with E-state index in [1.165, 1.54) is 53.9 Å². The number of aromatic nitrogens is 1. The van der Waals surface area contributed by atoms with Crippen molar-refractivity contribution >= 4 is 78.7 Å². The third kappa shape index (κ3) is 3.92. The summed E-state index contributed by atoms with van der Waals surface area (Å²) in [6.45, 7) is 1.88. The van der Waals surface area contributed by atoms with Gasteiger partial charge in [-0.3, -0.25) is 14.5 Å². The van der Waals surface area contributed by atoms with Gasteiger partial charge in [-0.2, -0.15) is 0 Å². The van der Waals surface area contributed by atoms with E-state index in [9.17, 15) is 14.7 Å². The molecule has 1 aliphatic rings. The molecule has 1 aliphatic heterocycles. The van der Waals surface area contributed by atoms with Gasteiger partial charge in [-0.25, -0.2) is 4.98 Å². The average Bonchev–Trinajstić information content (AvgIpc) is 3.58. The number of benzene rings is 2. The molecule has 36 heavy (non-hydrogen) atoms. The van der Waals surface area contributed by atoms with Crippen LogP contribution < -0.4 is 14.4 Å². The number of rotatable bonds is 5. The lowest BCUT2D eigenvalue weighted by molar-refractivity contribution is -0.132. The van der Waals surface area contributed by atoms with Crippen LogP contribution in [-0.4, -0.2) is 36.0 Å². The Morgan fingerprint density at radius 2 is 1.83 bits per heavy atom. The van der Waals surface area contributed by atoms with E-state index in [-0.39, 0.29) is 27.7 Å². The molecule has 7 nitrogen and oxygen atoms in total. The molecule has 184 valence electrons. The third-order valence-corrected chi connectivity index (χ3v) is 8.49. The molecule has 5 rings (SSSR count). The number of ketones is 1. The third-order valence-electron chi connectivity index (χ3n) is 5.85. The van der Waals surface area contributed by atoms with Gasteiger partial charge < -0.3 is 14.6 Å². The van der Waals surface area contributed by atoms with E-state index in [0.717, 1.165) is 10.3 Å². The summed E-state index contributed by atoms with van der Waals surface area (Å²) in [5.41, 5.74) is 1.57. The van der Waals surface area contributed by atoms with E-state index in [2.05, 4.69) is 4.98 Å². The molecule has 0 spiro atoms. The zero-order valence-corrected chi connectivity index (χ0v) is 22.3. The molecule has 11 heteroatoms. The summed E-state index contributed by atoms with van der Waals surface area (Å²) in [4.78, 5) is 33.4. The van der Waals surface area contributed by atoms with Gasteiger partial charge in [0.25, 0.3) is 5.78 Å². The Balaban J connectivity index is 1.74. The molecule has 0 saturated carbocycles. The molecule has 0 radical (unpaired) electrons. The Bertz CT molecular complexity index is 1520. The van der Waals surface area contributed by atoms with Crippen LogP contribution in [0, 0.1) is 6.92 Å². The van der Waals surface area contributed by atoms with E-state index in [1.54, 1.807) is 12.1 Å². The van der Waals surface area contributed by atoms with Gasteiger partial charge in [0, 0.05) is 16.0 Å². The highest BCUT2D eigenvalue weighted by molar-refractivity contribution is 7.22. The van der Waals surface area contributed by atoms with Gasteiger partial charge >= 0.3 is 5.91 Å². The molecule has 2 aromatic carbocycles. The first-order valence-electron chi connectivity index (χ1n) is 10.6. The van der Waals surface area contributed by atoms with Crippen molar-refractivity contribution in [3.8, 4) is 11.5 Å². The number of fused-ring (bicyclic) bond motifs is 1. The van der Waals surface area contributed by atoms with Crippen LogP contribution >= 0.6 is 45.9 Å². The first kappa shape index (κ1) is 24.6. The molecule has 1 fully saturated rings. The number of hydrogen-bond donors (Lipinski definition) is 1. The highest BCUT2D eigenvalue weighted by Gasteiger charge is 2.49. The first-order valence-corrected chi connectivity index (χ1v) is 13.0. The molecule has 1 N–H and O–H groups in total. The molecule has 0 bridgehead atoms. The Labute approximate surface area is 224 Å².